The van der Waals surface area contributed by atoms with E-state index in [0.29, 0.717) is 12.3 Å². The predicted molar refractivity (Wildman–Crippen MR) is 64.9 cm³/mol. The second-order valence-corrected chi connectivity index (χ2v) is 4.41. The molecule has 2 N–H and O–H groups in total. The zero-order chi connectivity index (χ0) is 13.0. The zero-order valence-corrected chi connectivity index (χ0v) is 9.99. The van der Waals surface area contributed by atoms with Crippen molar-refractivity contribution in [3.63, 3.8) is 0 Å². The van der Waals surface area contributed by atoms with E-state index in [-0.39, 0.29) is 18.4 Å². The van der Waals surface area contributed by atoms with Crippen molar-refractivity contribution in [2.45, 2.75) is 31.8 Å². The largest absolute Gasteiger partial charge is 0.505 e. The van der Waals surface area contributed by atoms with Gasteiger partial charge in [-0.3, -0.25) is 4.79 Å². The highest BCUT2D eigenvalue weighted by molar-refractivity contribution is 5.91. The van der Waals surface area contributed by atoms with E-state index in [2.05, 4.69) is 5.32 Å². The maximum atomic E-state index is 13.1. The maximum absolute atomic E-state index is 13.1. The number of halogens is 1. The lowest BCUT2D eigenvalue weighted by atomic mass is 10.1. The Morgan fingerprint density at radius 3 is 3.00 bits per heavy atom. The van der Waals surface area contributed by atoms with Crippen molar-refractivity contribution in [1.29, 1.82) is 0 Å². The van der Waals surface area contributed by atoms with E-state index in [9.17, 15) is 9.18 Å². The molecule has 1 amide bonds. The van der Waals surface area contributed by atoms with Crippen molar-refractivity contribution in [1.82, 2.24) is 0 Å². The summed E-state index contributed by atoms with van der Waals surface area (Å²) >= 11 is 0. The Bertz CT molecular complexity index is 430. The number of benzene rings is 1. The first-order chi connectivity index (χ1) is 8.65. The van der Waals surface area contributed by atoms with Crippen molar-refractivity contribution >= 4 is 11.6 Å². The van der Waals surface area contributed by atoms with Gasteiger partial charge in [-0.15, -0.1) is 0 Å². The molecule has 0 spiro atoms. The van der Waals surface area contributed by atoms with E-state index >= 15 is 0 Å². The predicted octanol–water partition coefficient (Wildman–Crippen LogP) is 2.43. The van der Waals surface area contributed by atoms with Crippen LogP contribution in [0.5, 0.6) is 5.75 Å². The van der Waals surface area contributed by atoms with Gasteiger partial charge < -0.3 is 15.2 Å². The molecule has 1 atom stereocenters. The summed E-state index contributed by atoms with van der Waals surface area (Å²) in [5.41, 5.74) is 0.339. The highest BCUT2D eigenvalue weighted by Gasteiger charge is 2.17. The van der Waals surface area contributed by atoms with Crippen LogP contribution in [-0.2, 0) is 9.53 Å². The Morgan fingerprint density at radius 1 is 1.50 bits per heavy atom. The van der Waals surface area contributed by atoms with Gasteiger partial charge in [-0.25, -0.2) is 4.39 Å². The Balaban J connectivity index is 1.88. The summed E-state index contributed by atoms with van der Waals surface area (Å²) in [6.07, 6.45) is 3.24. The van der Waals surface area contributed by atoms with Crippen molar-refractivity contribution in [3.8, 4) is 5.75 Å². The fraction of sp³-hybridized carbons (Fsp3) is 0.462. The van der Waals surface area contributed by atoms with Gasteiger partial charge in [0.25, 0.3) is 0 Å². The molecule has 1 aliphatic rings. The molecular weight excluding hydrogens is 237 g/mol. The van der Waals surface area contributed by atoms with Crippen LogP contribution in [0.4, 0.5) is 10.1 Å². The molecule has 0 bridgehead atoms. The molecule has 1 saturated heterocycles. The molecular formula is C13H16FNO3. The molecule has 0 aromatic heterocycles. The van der Waals surface area contributed by atoms with E-state index in [4.69, 9.17) is 9.84 Å². The van der Waals surface area contributed by atoms with E-state index in [0.717, 1.165) is 25.3 Å². The standard InChI is InChI=1S/C13H16FNO3/c14-11-7-9(4-5-12(11)16)15-13(17)8-10-3-1-2-6-18-10/h4-5,7,10,16H,1-3,6,8H2,(H,15,17). The van der Waals surface area contributed by atoms with E-state index in [1.54, 1.807) is 0 Å². The van der Waals surface area contributed by atoms with Crippen LogP contribution in [0.15, 0.2) is 18.2 Å². The second-order valence-electron chi connectivity index (χ2n) is 4.41. The monoisotopic (exact) mass is 253 g/mol. The minimum Gasteiger partial charge on any atom is -0.505 e. The van der Waals surface area contributed by atoms with E-state index < -0.39 is 11.6 Å². The minimum absolute atomic E-state index is 0.0410. The number of phenols is 1. The number of anilines is 1. The molecule has 5 heteroatoms. The third kappa shape index (κ3) is 3.43. The topological polar surface area (TPSA) is 58.6 Å². The fourth-order valence-corrected chi connectivity index (χ4v) is 1.97. The third-order valence-corrected chi connectivity index (χ3v) is 2.92. The van der Waals surface area contributed by atoms with Crippen molar-refractivity contribution in [3.05, 3.63) is 24.0 Å². The number of carbonyl (C=O) groups excluding carboxylic acids is 1. The van der Waals surface area contributed by atoms with Crippen LogP contribution in [0.2, 0.25) is 0 Å². The van der Waals surface area contributed by atoms with E-state index in [1.807, 2.05) is 0 Å². The van der Waals surface area contributed by atoms with Crippen LogP contribution in [0.1, 0.15) is 25.7 Å². The van der Waals surface area contributed by atoms with Gasteiger partial charge in [0.2, 0.25) is 5.91 Å². The quantitative estimate of drug-likeness (QED) is 0.813. The molecule has 1 heterocycles. The first kappa shape index (κ1) is 12.8. The Labute approximate surface area is 105 Å². The summed E-state index contributed by atoms with van der Waals surface area (Å²) in [4.78, 5) is 11.7. The number of hydrogen-bond donors (Lipinski definition) is 2. The molecule has 0 aliphatic carbocycles. The van der Waals surface area contributed by atoms with Crippen LogP contribution < -0.4 is 5.32 Å². The lowest BCUT2D eigenvalue weighted by Gasteiger charge is -2.21. The molecule has 1 aliphatic heterocycles. The minimum atomic E-state index is -0.748. The van der Waals surface area contributed by atoms with Gasteiger partial charge in [0.1, 0.15) is 0 Å². The number of carbonyl (C=O) groups is 1. The smallest absolute Gasteiger partial charge is 0.226 e. The van der Waals surface area contributed by atoms with Gasteiger partial charge in [0.15, 0.2) is 11.6 Å². The normalized spacial score (nSPS) is 19.5. The highest BCUT2D eigenvalue weighted by atomic mass is 19.1. The number of phenolic OH excluding ortho intramolecular Hbond substituents is 1. The maximum Gasteiger partial charge on any atom is 0.226 e. The zero-order valence-electron chi connectivity index (χ0n) is 9.99. The van der Waals surface area contributed by atoms with Crippen LogP contribution in [0, 0.1) is 5.82 Å². The first-order valence-electron chi connectivity index (χ1n) is 6.05. The average molecular weight is 253 g/mol. The number of nitrogens with one attached hydrogen (secondary N) is 1. The van der Waals surface area contributed by atoms with Gasteiger partial charge in [-0.1, -0.05) is 0 Å². The Morgan fingerprint density at radius 2 is 2.33 bits per heavy atom. The molecule has 1 unspecified atom stereocenters. The SMILES string of the molecule is O=C(CC1CCCCO1)Nc1ccc(O)c(F)c1. The lowest BCUT2D eigenvalue weighted by Crippen LogP contribution is -2.25. The fourth-order valence-electron chi connectivity index (χ4n) is 1.97. The van der Waals surface area contributed by atoms with Crippen LogP contribution >= 0.6 is 0 Å². The summed E-state index contributed by atoms with van der Waals surface area (Å²) in [7, 11) is 0. The van der Waals surface area contributed by atoms with Gasteiger partial charge in [0.05, 0.1) is 12.5 Å². The first-order valence-corrected chi connectivity index (χ1v) is 6.05. The highest BCUT2D eigenvalue weighted by Crippen LogP contribution is 2.20. The number of rotatable bonds is 3. The van der Waals surface area contributed by atoms with Crippen molar-refractivity contribution in [2.75, 3.05) is 11.9 Å². The average Bonchev–Trinajstić information content (AvgIpc) is 2.35. The van der Waals surface area contributed by atoms with Crippen molar-refractivity contribution < 1.29 is 19.0 Å². The third-order valence-electron chi connectivity index (χ3n) is 2.92. The molecule has 1 aromatic carbocycles. The lowest BCUT2D eigenvalue weighted by molar-refractivity contribution is -0.119. The Kier molecular flexibility index (Phi) is 4.15. The van der Waals surface area contributed by atoms with Crippen LogP contribution in [0.3, 0.4) is 0 Å². The van der Waals surface area contributed by atoms with Gasteiger partial charge in [0, 0.05) is 18.4 Å². The van der Waals surface area contributed by atoms with Gasteiger partial charge in [-0.05, 0) is 31.4 Å². The summed E-state index contributed by atoms with van der Waals surface area (Å²) < 4.78 is 18.5. The molecule has 0 saturated carbocycles. The molecule has 2 rings (SSSR count). The number of aromatic hydroxyl groups is 1. The molecule has 1 aromatic rings. The molecule has 98 valence electrons. The number of ether oxygens (including phenoxy) is 1. The summed E-state index contributed by atoms with van der Waals surface area (Å²) in [5, 5.41) is 11.6. The second kappa shape index (κ2) is 5.82. The van der Waals surface area contributed by atoms with E-state index in [1.165, 1.54) is 12.1 Å². The number of amides is 1. The summed E-state index contributed by atoms with van der Waals surface area (Å²) in [6, 6.07) is 3.76. The van der Waals surface area contributed by atoms with Crippen LogP contribution in [-0.4, -0.2) is 23.7 Å². The van der Waals surface area contributed by atoms with Crippen molar-refractivity contribution in [2.24, 2.45) is 0 Å². The molecule has 18 heavy (non-hydrogen) atoms. The number of hydrogen-bond acceptors (Lipinski definition) is 3. The molecule has 4 nitrogen and oxygen atoms in total. The van der Waals surface area contributed by atoms with Crippen LogP contribution in [0.25, 0.3) is 0 Å². The molecule has 1 fully saturated rings. The summed E-state index contributed by atoms with van der Waals surface area (Å²) in [6.45, 7) is 0.700. The molecule has 0 radical (unpaired) electrons. The Hall–Kier alpha value is -1.62. The summed E-state index contributed by atoms with van der Waals surface area (Å²) in [5.74, 6) is -1.38. The van der Waals surface area contributed by atoms with Gasteiger partial charge >= 0.3 is 0 Å². The van der Waals surface area contributed by atoms with Gasteiger partial charge in [-0.2, -0.15) is 0 Å².